The van der Waals surface area contributed by atoms with Crippen LogP contribution >= 0.6 is 0 Å². The molecule has 2 N–H and O–H groups in total. The van der Waals surface area contributed by atoms with E-state index in [2.05, 4.69) is 17.2 Å². The van der Waals surface area contributed by atoms with Crippen molar-refractivity contribution in [3.8, 4) is 5.75 Å². The van der Waals surface area contributed by atoms with Crippen molar-refractivity contribution >= 4 is 5.91 Å². The maximum atomic E-state index is 12.5. The van der Waals surface area contributed by atoms with E-state index in [1.807, 2.05) is 4.90 Å². The number of aromatic hydroxyl groups is 1. The molecule has 5 nitrogen and oxygen atoms in total. The van der Waals surface area contributed by atoms with Gasteiger partial charge in [-0.25, -0.2) is 4.98 Å². The predicted molar refractivity (Wildman–Crippen MR) is 77.7 cm³/mol. The second kappa shape index (κ2) is 7.24. The summed E-state index contributed by atoms with van der Waals surface area (Å²) in [5.74, 6) is 0.279. The monoisotopic (exact) mass is 277 g/mol. The number of hydrogen-bond acceptors (Lipinski definition) is 4. The number of carbonyl (C=O) groups is 1. The lowest BCUT2D eigenvalue weighted by Gasteiger charge is -2.30. The molecular formula is C15H23N3O2. The molecule has 0 bridgehead atoms. The van der Waals surface area contributed by atoms with Crippen LogP contribution in [0.5, 0.6) is 5.75 Å². The van der Waals surface area contributed by atoms with Gasteiger partial charge in [0, 0.05) is 19.3 Å². The van der Waals surface area contributed by atoms with Gasteiger partial charge < -0.3 is 15.3 Å². The van der Waals surface area contributed by atoms with Gasteiger partial charge in [-0.15, -0.1) is 0 Å². The first-order valence-corrected chi connectivity index (χ1v) is 7.36. The minimum atomic E-state index is -0.171. The average Bonchev–Trinajstić information content (AvgIpc) is 2.48. The van der Waals surface area contributed by atoms with Gasteiger partial charge in [-0.1, -0.05) is 6.92 Å². The lowest BCUT2D eigenvalue weighted by atomic mass is 9.99. The minimum absolute atomic E-state index is 0.0413. The molecule has 20 heavy (non-hydrogen) atoms. The Morgan fingerprint density at radius 3 is 3.10 bits per heavy atom. The van der Waals surface area contributed by atoms with Gasteiger partial charge in [-0.2, -0.15) is 0 Å². The van der Waals surface area contributed by atoms with Gasteiger partial charge in [0.1, 0.15) is 5.75 Å². The first-order valence-electron chi connectivity index (χ1n) is 7.36. The molecule has 2 heterocycles. The highest BCUT2D eigenvalue weighted by Crippen LogP contribution is 2.18. The summed E-state index contributed by atoms with van der Waals surface area (Å²) >= 11 is 0. The Bertz CT molecular complexity index is 444. The van der Waals surface area contributed by atoms with E-state index >= 15 is 0 Å². The molecule has 1 saturated heterocycles. The molecule has 2 rings (SSSR count). The van der Waals surface area contributed by atoms with Crippen molar-refractivity contribution < 1.29 is 9.90 Å². The normalized spacial score (nSPS) is 18.8. The average molecular weight is 277 g/mol. The summed E-state index contributed by atoms with van der Waals surface area (Å²) in [5, 5.41) is 13.2. The SMILES string of the molecule is CCCN(CC1CCCNC1)C(=O)c1ncccc1O. The Morgan fingerprint density at radius 2 is 2.45 bits per heavy atom. The molecule has 1 fully saturated rings. The number of nitrogens with zero attached hydrogens (tertiary/aromatic N) is 2. The summed E-state index contributed by atoms with van der Waals surface area (Å²) in [6.07, 6.45) is 4.75. The summed E-state index contributed by atoms with van der Waals surface area (Å²) in [6, 6.07) is 3.13. The molecule has 1 aromatic rings. The second-order valence-electron chi connectivity index (χ2n) is 5.33. The number of pyridine rings is 1. The van der Waals surface area contributed by atoms with Gasteiger partial charge in [0.2, 0.25) is 0 Å². The van der Waals surface area contributed by atoms with E-state index in [9.17, 15) is 9.90 Å². The molecule has 0 saturated carbocycles. The van der Waals surface area contributed by atoms with Gasteiger partial charge in [0.05, 0.1) is 0 Å². The Balaban J connectivity index is 2.07. The summed E-state index contributed by atoms with van der Waals surface area (Å²) in [7, 11) is 0. The first-order chi connectivity index (χ1) is 9.72. The molecule has 0 spiro atoms. The summed E-state index contributed by atoms with van der Waals surface area (Å²) in [6.45, 7) is 5.51. The summed E-state index contributed by atoms with van der Waals surface area (Å²) in [4.78, 5) is 18.3. The smallest absolute Gasteiger partial charge is 0.276 e. The Kier molecular flexibility index (Phi) is 5.35. The van der Waals surface area contributed by atoms with Crippen molar-refractivity contribution in [2.24, 2.45) is 5.92 Å². The predicted octanol–water partition coefficient (Wildman–Crippen LogP) is 1.64. The van der Waals surface area contributed by atoms with Gasteiger partial charge in [0.15, 0.2) is 5.69 Å². The van der Waals surface area contributed by atoms with Crippen molar-refractivity contribution in [3.63, 3.8) is 0 Å². The Morgan fingerprint density at radius 1 is 1.60 bits per heavy atom. The van der Waals surface area contributed by atoms with Gasteiger partial charge in [-0.05, 0) is 50.4 Å². The van der Waals surface area contributed by atoms with Crippen molar-refractivity contribution in [2.45, 2.75) is 26.2 Å². The van der Waals surface area contributed by atoms with Crippen molar-refractivity contribution in [3.05, 3.63) is 24.0 Å². The molecule has 1 aliphatic rings. The van der Waals surface area contributed by atoms with Crippen LogP contribution in [0, 0.1) is 5.92 Å². The zero-order valence-corrected chi connectivity index (χ0v) is 12.0. The molecule has 1 amide bonds. The molecule has 1 atom stereocenters. The van der Waals surface area contributed by atoms with Gasteiger partial charge in [-0.3, -0.25) is 4.79 Å². The fraction of sp³-hybridized carbons (Fsp3) is 0.600. The van der Waals surface area contributed by atoms with Crippen molar-refractivity contribution in [2.75, 3.05) is 26.2 Å². The zero-order chi connectivity index (χ0) is 14.4. The summed E-state index contributed by atoms with van der Waals surface area (Å²) < 4.78 is 0. The highest BCUT2D eigenvalue weighted by Gasteiger charge is 2.23. The van der Waals surface area contributed by atoms with Crippen LogP contribution in [0.2, 0.25) is 0 Å². The van der Waals surface area contributed by atoms with Crippen LogP contribution in [-0.4, -0.2) is 47.1 Å². The van der Waals surface area contributed by atoms with Crippen LogP contribution in [0.3, 0.4) is 0 Å². The van der Waals surface area contributed by atoms with E-state index < -0.39 is 0 Å². The Hall–Kier alpha value is -1.62. The maximum Gasteiger partial charge on any atom is 0.276 e. The Labute approximate surface area is 120 Å². The third-order valence-corrected chi connectivity index (χ3v) is 3.65. The van der Waals surface area contributed by atoms with Crippen LogP contribution in [0.4, 0.5) is 0 Å². The van der Waals surface area contributed by atoms with Crippen LogP contribution < -0.4 is 5.32 Å². The van der Waals surface area contributed by atoms with E-state index in [1.54, 1.807) is 12.3 Å². The van der Waals surface area contributed by atoms with E-state index in [4.69, 9.17) is 0 Å². The number of rotatable bonds is 5. The molecule has 0 radical (unpaired) electrons. The van der Waals surface area contributed by atoms with Crippen LogP contribution in [0.15, 0.2) is 18.3 Å². The van der Waals surface area contributed by atoms with Crippen LogP contribution in [-0.2, 0) is 0 Å². The van der Waals surface area contributed by atoms with E-state index in [0.717, 1.165) is 38.9 Å². The molecule has 1 aliphatic heterocycles. The minimum Gasteiger partial charge on any atom is -0.505 e. The molecular weight excluding hydrogens is 254 g/mol. The quantitative estimate of drug-likeness (QED) is 0.858. The molecule has 0 aliphatic carbocycles. The molecule has 1 unspecified atom stereocenters. The highest BCUT2D eigenvalue weighted by molar-refractivity contribution is 5.94. The molecule has 5 heteroatoms. The van der Waals surface area contributed by atoms with Gasteiger partial charge in [0.25, 0.3) is 5.91 Å². The fourth-order valence-electron chi connectivity index (χ4n) is 2.65. The second-order valence-corrected chi connectivity index (χ2v) is 5.33. The number of amides is 1. The lowest BCUT2D eigenvalue weighted by molar-refractivity contribution is 0.0709. The van der Waals surface area contributed by atoms with Gasteiger partial charge >= 0.3 is 0 Å². The number of piperidine rings is 1. The number of carbonyl (C=O) groups excluding carboxylic acids is 1. The number of hydrogen-bond donors (Lipinski definition) is 2. The standard InChI is InChI=1S/C15H23N3O2/c1-2-9-18(11-12-5-3-7-16-10-12)15(20)14-13(19)6-4-8-17-14/h4,6,8,12,16,19H,2-3,5,7,9-11H2,1H3. The fourth-order valence-corrected chi connectivity index (χ4v) is 2.65. The number of aromatic nitrogens is 1. The first kappa shape index (κ1) is 14.8. The lowest BCUT2D eigenvalue weighted by Crippen LogP contribution is -2.41. The molecule has 0 aromatic carbocycles. The third-order valence-electron chi connectivity index (χ3n) is 3.65. The summed E-state index contributed by atoms with van der Waals surface area (Å²) in [5.41, 5.74) is 0.157. The maximum absolute atomic E-state index is 12.5. The molecule has 1 aromatic heterocycles. The zero-order valence-electron chi connectivity index (χ0n) is 12.0. The van der Waals surface area contributed by atoms with Crippen molar-refractivity contribution in [1.82, 2.24) is 15.2 Å². The largest absolute Gasteiger partial charge is 0.505 e. The highest BCUT2D eigenvalue weighted by atomic mass is 16.3. The van der Waals surface area contributed by atoms with E-state index in [-0.39, 0.29) is 17.4 Å². The van der Waals surface area contributed by atoms with E-state index in [1.165, 1.54) is 6.07 Å². The number of nitrogens with one attached hydrogen (secondary N) is 1. The van der Waals surface area contributed by atoms with Crippen molar-refractivity contribution in [1.29, 1.82) is 0 Å². The third kappa shape index (κ3) is 3.70. The van der Waals surface area contributed by atoms with Crippen LogP contribution in [0.1, 0.15) is 36.7 Å². The van der Waals surface area contributed by atoms with E-state index in [0.29, 0.717) is 12.5 Å². The molecule has 110 valence electrons. The topological polar surface area (TPSA) is 65.5 Å². The van der Waals surface area contributed by atoms with Crippen LogP contribution in [0.25, 0.3) is 0 Å².